The Labute approximate surface area is 464 Å². The van der Waals surface area contributed by atoms with Crippen molar-refractivity contribution in [1.29, 1.82) is 0 Å². The minimum atomic E-state index is -1.27. The topological polar surface area (TPSA) is 101 Å². The highest BCUT2D eigenvalue weighted by Crippen LogP contribution is 2.40. The maximum absolute atomic E-state index is 14.1. The Bertz CT molecular complexity index is 2630. The first-order valence-electron chi connectivity index (χ1n) is 26.6. The van der Waals surface area contributed by atoms with E-state index in [1.165, 1.54) is 42.4 Å². The van der Waals surface area contributed by atoms with Gasteiger partial charge in [0.05, 0.1) is 31.3 Å². The summed E-state index contributed by atoms with van der Waals surface area (Å²) in [6, 6.07) is 82.8. The van der Waals surface area contributed by atoms with Gasteiger partial charge in [-0.1, -0.05) is 243 Å². The molecule has 12 heteroatoms. The molecule has 8 nitrogen and oxygen atoms in total. The number of carbonyl (C=O) groups excluding carboxylic acids is 3. The minimum absolute atomic E-state index is 0.0592. The van der Waals surface area contributed by atoms with Crippen molar-refractivity contribution in [3.63, 3.8) is 0 Å². The van der Waals surface area contributed by atoms with Crippen LogP contribution in [-0.4, -0.2) is 81.4 Å². The third kappa shape index (κ3) is 16.9. The van der Waals surface area contributed by atoms with Gasteiger partial charge in [-0.25, -0.2) is 0 Å². The summed E-state index contributed by atoms with van der Waals surface area (Å²) in [6.45, 7) is -0.704. The lowest BCUT2D eigenvalue weighted by molar-refractivity contribution is -0.168. The third-order valence-corrected chi connectivity index (χ3v) is 23.6. The maximum Gasteiger partial charge on any atom is 0.306 e. The molecule has 0 aromatic heterocycles. The van der Waals surface area contributed by atoms with Crippen LogP contribution in [0.2, 0.25) is 0 Å². The summed E-state index contributed by atoms with van der Waals surface area (Å²) in [5.74, 6) is -1.21. The zero-order valence-electron chi connectivity index (χ0n) is 43.8. The molecule has 0 amide bonds. The fourth-order valence-electron chi connectivity index (χ4n) is 9.26. The van der Waals surface area contributed by atoms with E-state index in [4.69, 9.17) is 23.7 Å². The number of ether oxygens (including phenoxy) is 5. The Morgan fingerprint density at radius 3 is 0.808 bits per heavy atom. The van der Waals surface area contributed by atoms with E-state index in [-0.39, 0.29) is 51.8 Å². The summed E-state index contributed by atoms with van der Waals surface area (Å²) in [5.41, 5.74) is -1.27. The molecule has 0 N–H and O–H groups in total. The second kappa shape index (κ2) is 29.7. The van der Waals surface area contributed by atoms with Gasteiger partial charge in [0.15, 0.2) is 6.29 Å². The van der Waals surface area contributed by atoms with Gasteiger partial charge in [0.25, 0.3) is 0 Å². The molecule has 0 saturated carbocycles. The molecule has 0 bridgehead atoms. The molecule has 9 rings (SSSR count). The van der Waals surface area contributed by atoms with Gasteiger partial charge in [-0.15, -0.1) is 0 Å². The number of benzene rings is 8. The fourth-order valence-corrected chi connectivity index (χ4v) is 18.5. The van der Waals surface area contributed by atoms with E-state index in [0.29, 0.717) is 18.5 Å². The molecular formula is C66H66O8P4. The molecule has 1 aliphatic rings. The van der Waals surface area contributed by atoms with Crippen molar-refractivity contribution < 1.29 is 38.1 Å². The molecule has 1 heterocycles. The van der Waals surface area contributed by atoms with E-state index in [1.54, 1.807) is 0 Å². The number of rotatable bonds is 29. The van der Waals surface area contributed by atoms with Gasteiger partial charge in [0.1, 0.15) is 25.9 Å². The maximum atomic E-state index is 14.1. The van der Waals surface area contributed by atoms with E-state index in [9.17, 15) is 14.4 Å². The van der Waals surface area contributed by atoms with Crippen molar-refractivity contribution in [2.24, 2.45) is 5.41 Å². The second-order valence-electron chi connectivity index (χ2n) is 19.2. The van der Waals surface area contributed by atoms with Crippen LogP contribution >= 0.6 is 31.7 Å². The van der Waals surface area contributed by atoms with Crippen LogP contribution in [0.15, 0.2) is 243 Å². The Morgan fingerprint density at radius 2 is 0.564 bits per heavy atom. The van der Waals surface area contributed by atoms with Gasteiger partial charge in [-0.05, 0) is 105 Å². The predicted molar refractivity (Wildman–Crippen MR) is 324 cm³/mol. The van der Waals surface area contributed by atoms with Crippen LogP contribution in [0.1, 0.15) is 25.7 Å². The fraction of sp³-hybridized carbons (Fsp3) is 0.227. The lowest BCUT2D eigenvalue weighted by atomic mass is 9.92. The molecular weight excluding hydrogens is 1040 g/mol. The Kier molecular flexibility index (Phi) is 21.5. The average molecular weight is 1110 g/mol. The molecule has 2 unspecified atom stereocenters. The van der Waals surface area contributed by atoms with Crippen LogP contribution in [0.25, 0.3) is 0 Å². The molecule has 78 heavy (non-hydrogen) atoms. The lowest BCUT2D eigenvalue weighted by Crippen LogP contribution is -2.44. The summed E-state index contributed by atoms with van der Waals surface area (Å²) < 4.78 is 31.6. The second-order valence-corrected chi connectivity index (χ2v) is 28.5. The average Bonchev–Trinajstić information content (AvgIpc) is 4.27. The summed E-state index contributed by atoms with van der Waals surface area (Å²) in [4.78, 5) is 42.4. The molecule has 0 spiro atoms. The first-order valence-corrected chi connectivity index (χ1v) is 32.7. The Balaban J connectivity index is 0.941. The molecule has 8 aromatic rings. The monoisotopic (exact) mass is 1110 g/mol. The summed E-state index contributed by atoms with van der Waals surface area (Å²) in [6.07, 6.45) is 3.09. The molecule has 1 aliphatic heterocycles. The van der Waals surface area contributed by atoms with Crippen LogP contribution < -0.4 is 42.4 Å². The Morgan fingerprint density at radius 1 is 0.333 bits per heavy atom. The summed E-state index contributed by atoms with van der Waals surface area (Å²) >= 11 is 0. The number of esters is 3. The van der Waals surface area contributed by atoms with Crippen molar-refractivity contribution in [3.05, 3.63) is 243 Å². The van der Waals surface area contributed by atoms with E-state index < -0.39 is 61.3 Å². The van der Waals surface area contributed by atoms with Crippen LogP contribution in [0.4, 0.5) is 0 Å². The summed E-state index contributed by atoms with van der Waals surface area (Å²) in [7, 11) is -3.26. The number of carbonyl (C=O) groups is 3. The van der Waals surface area contributed by atoms with Crippen LogP contribution in [0.3, 0.4) is 0 Å². The van der Waals surface area contributed by atoms with E-state index in [0.717, 1.165) is 12.6 Å². The van der Waals surface area contributed by atoms with Gasteiger partial charge in [-0.2, -0.15) is 0 Å². The highest BCUT2D eigenvalue weighted by atomic mass is 31.1. The standard InChI is InChI=1S/C66H66O8P4/c67-62(42-46-76(55-29-13-3-14-30-55)56-31-15-4-16-32-56)70-49-66(50-71-63(68)43-47-77(57-33-17-5-18-34-57)58-35-19-6-20-36-58,51-72-64(69)44-48-78(59-37-21-7-22-38-59)60-39-23-8-24-40-60)52-73-65-61(74-65)41-45-75(53-25-9-1-10-26-53)54-27-11-2-12-28-54/h1-40,61,65H,41-52H2. The zero-order valence-corrected chi connectivity index (χ0v) is 47.4. The van der Waals surface area contributed by atoms with Crippen molar-refractivity contribution in [3.8, 4) is 0 Å². The molecule has 398 valence electrons. The molecule has 2 atom stereocenters. The minimum Gasteiger partial charge on any atom is -0.465 e. The van der Waals surface area contributed by atoms with Gasteiger partial charge < -0.3 is 23.7 Å². The smallest absolute Gasteiger partial charge is 0.306 e. The highest BCUT2D eigenvalue weighted by molar-refractivity contribution is 7.74. The van der Waals surface area contributed by atoms with Gasteiger partial charge in [0, 0.05) is 0 Å². The van der Waals surface area contributed by atoms with Crippen LogP contribution in [0, 0.1) is 5.41 Å². The SMILES string of the molecule is O=C(CCP(c1ccccc1)c1ccccc1)OCC(COC(=O)CCP(c1ccccc1)c1ccccc1)(COC(=O)CCP(c1ccccc1)c1ccccc1)COC1OC1CCP(c1ccccc1)c1ccccc1. The van der Waals surface area contributed by atoms with Gasteiger partial charge >= 0.3 is 17.9 Å². The van der Waals surface area contributed by atoms with Crippen LogP contribution in [0.5, 0.6) is 0 Å². The third-order valence-electron chi connectivity index (χ3n) is 13.5. The lowest BCUT2D eigenvalue weighted by Gasteiger charge is -2.32. The highest BCUT2D eigenvalue weighted by Gasteiger charge is 2.44. The first kappa shape index (κ1) is 56.5. The number of epoxide rings is 1. The number of hydrogen-bond donors (Lipinski definition) is 0. The summed E-state index contributed by atoms with van der Waals surface area (Å²) in [5, 5.41) is 9.58. The van der Waals surface area contributed by atoms with Crippen molar-refractivity contribution in [1.82, 2.24) is 0 Å². The number of hydrogen-bond acceptors (Lipinski definition) is 8. The predicted octanol–water partition coefficient (Wildman–Crippen LogP) is 10.4. The van der Waals surface area contributed by atoms with E-state index >= 15 is 0 Å². The normalized spacial score (nSPS) is 14.1. The molecule has 1 fully saturated rings. The quantitative estimate of drug-likeness (QED) is 0.0198. The largest absolute Gasteiger partial charge is 0.465 e. The van der Waals surface area contributed by atoms with Crippen LogP contribution in [-0.2, 0) is 38.1 Å². The molecule has 0 radical (unpaired) electrons. The van der Waals surface area contributed by atoms with E-state index in [2.05, 4.69) is 121 Å². The van der Waals surface area contributed by atoms with Gasteiger partial charge in [0.2, 0.25) is 0 Å². The van der Waals surface area contributed by atoms with Crippen molar-refractivity contribution >= 4 is 92.0 Å². The molecule has 8 aromatic carbocycles. The van der Waals surface area contributed by atoms with Gasteiger partial charge in [-0.3, -0.25) is 14.4 Å². The Hall–Kier alpha value is -6.19. The van der Waals surface area contributed by atoms with Crippen molar-refractivity contribution in [2.75, 3.05) is 51.1 Å². The van der Waals surface area contributed by atoms with Crippen molar-refractivity contribution in [2.45, 2.75) is 38.1 Å². The zero-order chi connectivity index (χ0) is 53.6. The van der Waals surface area contributed by atoms with E-state index in [1.807, 2.05) is 121 Å². The molecule has 0 aliphatic carbocycles. The first-order chi connectivity index (χ1) is 38.4. The molecule has 1 saturated heterocycles.